The van der Waals surface area contributed by atoms with E-state index in [-0.39, 0.29) is 12.6 Å². The van der Waals surface area contributed by atoms with Gasteiger partial charge in [0.15, 0.2) is 0 Å². The average molecular weight is 292 g/mol. The number of hydrogen-bond acceptors (Lipinski definition) is 4. The van der Waals surface area contributed by atoms with Crippen molar-refractivity contribution in [2.75, 3.05) is 0 Å². The number of rotatable bonds is 5. The Morgan fingerprint density at radius 3 is 2.48 bits per heavy atom. The Balaban J connectivity index is 2.75. The zero-order valence-electron chi connectivity index (χ0n) is 13.1. The van der Waals surface area contributed by atoms with E-state index < -0.39 is 11.7 Å². The molecule has 0 aliphatic rings. The van der Waals surface area contributed by atoms with Gasteiger partial charge in [0.1, 0.15) is 12.2 Å². The average Bonchev–Trinajstić information content (AvgIpc) is 2.38. The van der Waals surface area contributed by atoms with E-state index in [0.29, 0.717) is 0 Å². The van der Waals surface area contributed by atoms with Crippen LogP contribution in [0.4, 0.5) is 4.79 Å². The molecule has 0 aliphatic heterocycles. The molecule has 1 atom stereocenters. The van der Waals surface area contributed by atoms with Crippen molar-refractivity contribution >= 4 is 6.09 Å². The lowest BCUT2D eigenvalue weighted by molar-refractivity contribution is -0.167. The molecule has 1 unspecified atom stereocenters. The van der Waals surface area contributed by atoms with Gasteiger partial charge in [-0.2, -0.15) is 5.06 Å². The van der Waals surface area contributed by atoms with E-state index in [2.05, 4.69) is 0 Å². The molecule has 0 saturated carbocycles. The Kier molecular flexibility index (Phi) is 6.24. The third-order valence-electron chi connectivity index (χ3n) is 2.55. The fourth-order valence-electron chi connectivity index (χ4n) is 1.60. The summed E-state index contributed by atoms with van der Waals surface area (Å²) < 4.78 is 5.34. The summed E-state index contributed by atoms with van der Waals surface area (Å²) in [5.41, 5.74) is 5.77. The van der Waals surface area contributed by atoms with Crippen LogP contribution in [0.25, 0.3) is 0 Å². The van der Waals surface area contributed by atoms with Gasteiger partial charge in [-0.25, -0.2) is 4.79 Å². The van der Waals surface area contributed by atoms with Gasteiger partial charge in [-0.05, 0) is 45.5 Å². The maximum Gasteiger partial charge on any atom is 0.435 e. The second-order valence-electron chi connectivity index (χ2n) is 5.69. The van der Waals surface area contributed by atoms with Crippen molar-refractivity contribution in [1.29, 1.82) is 0 Å². The fourth-order valence-corrected chi connectivity index (χ4v) is 1.60. The summed E-state index contributed by atoms with van der Waals surface area (Å²) in [7, 11) is 0. The van der Waals surface area contributed by atoms with E-state index in [1.165, 1.54) is 11.3 Å². The maximum absolute atomic E-state index is 12.2. The van der Waals surface area contributed by atoms with Crippen molar-refractivity contribution < 1.29 is 14.4 Å². The van der Waals surface area contributed by atoms with Crippen molar-refractivity contribution in [1.82, 2.24) is 5.06 Å². The van der Waals surface area contributed by atoms with Crippen molar-refractivity contribution in [2.24, 2.45) is 5.73 Å². The minimum Gasteiger partial charge on any atom is -0.442 e. The predicted octanol–water partition coefficient (Wildman–Crippen LogP) is 3.22. The summed E-state index contributed by atoms with van der Waals surface area (Å²) in [5, 5.41) is 1.20. The van der Waals surface area contributed by atoms with Gasteiger partial charge in [0.2, 0.25) is 0 Å². The molecule has 1 rings (SSSR count). The Morgan fingerprint density at radius 2 is 1.95 bits per heavy atom. The van der Waals surface area contributed by atoms with E-state index in [0.717, 1.165) is 5.56 Å². The predicted molar refractivity (Wildman–Crippen MR) is 82.1 cm³/mol. The molecule has 0 aliphatic carbocycles. The summed E-state index contributed by atoms with van der Waals surface area (Å²) in [6.07, 6.45) is 2.51. The van der Waals surface area contributed by atoms with Crippen LogP contribution >= 0.6 is 0 Å². The molecule has 21 heavy (non-hydrogen) atoms. The Bertz CT molecular complexity index is 466. The van der Waals surface area contributed by atoms with Crippen molar-refractivity contribution in [3.63, 3.8) is 0 Å². The highest BCUT2D eigenvalue weighted by atomic mass is 16.7. The number of nitrogens with zero attached hydrogens (tertiary/aromatic N) is 1. The molecular weight excluding hydrogens is 268 g/mol. The molecule has 0 bridgehead atoms. The van der Waals surface area contributed by atoms with Gasteiger partial charge < -0.3 is 10.5 Å². The van der Waals surface area contributed by atoms with E-state index in [4.69, 9.17) is 15.3 Å². The number of benzene rings is 1. The number of carbonyl (C=O) groups is 1. The fraction of sp³-hybridized carbons (Fsp3) is 0.438. The van der Waals surface area contributed by atoms with E-state index >= 15 is 0 Å². The number of hydrogen-bond donors (Lipinski definition) is 1. The van der Waals surface area contributed by atoms with E-state index in [1.54, 1.807) is 13.0 Å². The maximum atomic E-state index is 12.2. The summed E-state index contributed by atoms with van der Waals surface area (Å²) >= 11 is 0. The van der Waals surface area contributed by atoms with Crippen molar-refractivity contribution in [3.8, 4) is 0 Å². The quantitative estimate of drug-likeness (QED) is 0.846. The lowest BCUT2D eigenvalue weighted by atomic mass is 10.2. The largest absolute Gasteiger partial charge is 0.442 e. The van der Waals surface area contributed by atoms with Crippen LogP contribution in [0.2, 0.25) is 0 Å². The van der Waals surface area contributed by atoms with Crippen LogP contribution in [0, 0.1) is 0 Å². The molecule has 5 heteroatoms. The van der Waals surface area contributed by atoms with Crippen LogP contribution in [0.15, 0.2) is 42.6 Å². The van der Waals surface area contributed by atoms with Crippen LogP contribution in [-0.2, 0) is 16.2 Å². The van der Waals surface area contributed by atoms with E-state index in [9.17, 15) is 4.79 Å². The molecule has 1 aromatic rings. The molecule has 2 N–H and O–H groups in total. The molecule has 0 radical (unpaired) electrons. The molecule has 0 spiro atoms. The summed E-state index contributed by atoms with van der Waals surface area (Å²) in [6.45, 7) is 7.51. The topological polar surface area (TPSA) is 64.8 Å². The second-order valence-corrected chi connectivity index (χ2v) is 5.69. The summed E-state index contributed by atoms with van der Waals surface area (Å²) in [6, 6.07) is 9.29. The van der Waals surface area contributed by atoms with E-state index in [1.807, 2.05) is 51.1 Å². The van der Waals surface area contributed by atoms with Crippen LogP contribution < -0.4 is 5.73 Å². The Hall–Kier alpha value is -2.01. The monoisotopic (exact) mass is 292 g/mol. The van der Waals surface area contributed by atoms with Gasteiger partial charge in [0.25, 0.3) is 0 Å². The van der Waals surface area contributed by atoms with Crippen LogP contribution in [-0.4, -0.2) is 22.8 Å². The first-order valence-corrected chi connectivity index (χ1v) is 6.91. The van der Waals surface area contributed by atoms with Crippen LogP contribution in [0.3, 0.4) is 0 Å². The van der Waals surface area contributed by atoms with Gasteiger partial charge in [0.05, 0.1) is 6.04 Å². The molecular formula is C16H24N2O3. The van der Waals surface area contributed by atoms with Crippen LogP contribution in [0.1, 0.15) is 33.3 Å². The van der Waals surface area contributed by atoms with Crippen LogP contribution in [0.5, 0.6) is 0 Å². The molecule has 0 saturated heterocycles. The molecule has 1 amide bonds. The lowest BCUT2D eigenvalue weighted by Gasteiger charge is -2.29. The molecule has 0 heterocycles. The third-order valence-corrected chi connectivity index (χ3v) is 2.55. The molecule has 1 aromatic carbocycles. The number of amides is 1. The summed E-state index contributed by atoms with van der Waals surface area (Å²) in [5.74, 6) is 0. The highest BCUT2D eigenvalue weighted by molar-refractivity contribution is 5.67. The van der Waals surface area contributed by atoms with Gasteiger partial charge in [0, 0.05) is 0 Å². The molecule has 5 nitrogen and oxygen atoms in total. The van der Waals surface area contributed by atoms with Gasteiger partial charge in [-0.3, -0.25) is 4.84 Å². The lowest BCUT2D eigenvalue weighted by Crippen LogP contribution is -2.41. The Labute approximate surface area is 126 Å². The molecule has 0 fully saturated rings. The molecule has 116 valence electrons. The normalized spacial score (nSPS) is 13.1. The smallest absolute Gasteiger partial charge is 0.435 e. The molecule has 0 aromatic heterocycles. The number of hydroxylamine groups is 2. The summed E-state index contributed by atoms with van der Waals surface area (Å²) in [4.78, 5) is 17.8. The Morgan fingerprint density at radius 1 is 1.33 bits per heavy atom. The standard InChI is InChI=1S/C16H24N2O3/c1-13(10-11-17)18(15(19)21-16(2,3)4)20-12-14-8-6-5-7-9-14/h5-11,13H,12,17H2,1-4H3. The highest BCUT2D eigenvalue weighted by Crippen LogP contribution is 2.14. The first-order valence-electron chi connectivity index (χ1n) is 6.91. The van der Waals surface area contributed by atoms with Gasteiger partial charge in [-0.15, -0.1) is 0 Å². The highest BCUT2D eigenvalue weighted by Gasteiger charge is 2.26. The van der Waals surface area contributed by atoms with Crippen molar-refractivity contribution in [2.45, 2.75) is 45.9 Å². The first kappa shape index (κ1) is 17.0. The zero-order valence-corrected chi connectivity index (χ0v) is 13.1. The number of nitrogens with two attached hydrogens (primary N) is 1. The zero-order chi connectivity index (χ0) is 15.9. The minimum atomic E-state index is -0.586. The second kappa shape index (κ2) is 7.69. The van der Waals surface area contributed by atoms with Crippen molar-refractivity contribution in [3.05, 3.63) is 48.2 Å². The van der Waals surface area contributed by atoms with Gasteiger partial charge in [-0.1, -0.05) is 30.3 Å². The number of ether oxygens (including phenoxy) is 1. The first-order chi connectivity index (χ1) is 9.83. The third kappa shape index (κ3) is 6.31. The van der Waals surface area contributed by atoms with Gasteiger partial charge >= 0.3 is 6.09 Å². The SMILES string of the molecule is CC(C=CN)N(OCc1ccccc1)C(=O)OC(C)(C)C. The number of carbonyl (C=O) groups excluding carboxylic acids is 1. The minimum absolute atomic E-state index is 0.281.